The normalized spacial score (nSPS) is 18.5. The van der Waals surface area contributed by atoms with Gasteiger partial charge in [-0.05, 0) is 30.3 Å². The molecule has 1 aliphatic rings. The van der Waals surface area contributed by atoms with E-state index in [1.54, 1.807) is 0 Å². The fraction of sp³-hybridized carbons (Fsp3) is 0.176. The van der Waals surface area contributed by atoms with E-state index in [0.717, 1.165) is 12.1 Å². The summed E-state index contributed by atoms with van der Waals surface area (Å²) in [5.74, 6) is -2.48. The predicted molar refractivity (Wildman–Crippen MR) is 91.0 cm³/mol. The summed E-state index contributed by atoms with van der Waals surface area (Å²) in [6.07, 6.45) is -8.81. The number of cyclic esters (lactones) is 1. The molecule has 6 nitrogen and oxygen atoms in total. The molecule has 2 aromatic carbocycles. The lowest BCUT2D eigenvalue weighted by atomic mass is 9.89. The number of benzene rings is 2. The Kier molecular flexibility index (Phi) is 5.03. The number of nitrogens with one attached hydrogen (secondary N) is 1. The van der Waals surface area contributed by atoms with Crippen molar-refractivity contribution in [2.24, 2.45) is 0 Å². The van der Waals surface area contributed by atoms with Gasteiger partial charge in [-0.2, -0.15) is 13.2 Å². The van der Waals surface area contributed by atoms with Gasteiger partial charge in [-0.15, -0.1) is 0 Å². The van der Waals surface area contributed by atoms with Crippen LogP contribution in [0.3, 0.4) is 0 Å². The largest absolute Gasteiger partial charge is 0.465 e. The van der Waals surface area contributed by atoms with Crippen LogP contribution in [0.15, 0.2) is 36.4 Å². The Morgan fingerprint density at radius 2 is 1.90 bits per heavy atom. The number of hydrogen-bond donors (Lipinski definition) is 2. The van der Waals surface area contributed by atoms with Gasteiger partial charge in [-0.1, -0.05) is 11.6 Å². The smallest absolute Gasteiger partial charge is 0.434 e. The molecule has 1 aliphatic heterocycles. The summed E-state index contributed by atoms with van der Waals surface area (Å²) in [4.78, 5) is 23.5. The number of alkyl halides is 3. The van der Waals surface area contributed by atoms with E-state index in [-0.39, 0.29) is 15.6 Å². The van der Waals surface area contributed by atoms with E-state index >= 15 is 0 Å². The van der Waals surface area contributed by atoms with E-state index in [2.05, 4.69) is 10.1 Å². The van der Waals surface area contributed by atoms with Gasteiger partial charge in [0.15, 0.2) is 0 Å². The Balaban J connectivity index is 2.21. The third-order valence-corrected chi connectivity index (χ3v) is 4.43. The molecule has 0 aliphatic carbocycles. The van der Waals surface area contributed by atoms with Gasteiger partial charge >= 0.3 is 18.4 Å². The molecule has 0 fully saturated rings. The highest BCUT2D eigenvalue weighted by Crippen LogP contribution is 2.49. The second-order valence-electron chi connectivity index (χ2n) is 5.99. The molecule has 3 rings (SSSR count). The summed E-state index contributed by atoms with van der Waals surface area (Å²) in [5, 5.41) is 11.3. The first-order valence-corrected chi connectivity index (χ1v) is 8.15. The minimum atomic E-state index is -5.33. The number of amides is 2. The van der Waals surface area contributed by atoms with Crippen molar-refractivity contribution in [1.29, 1.82) is 0 Å². The van der Waals surface area contributed by atoms with Gasteiger partial charge in [0.25, 0.3) is 5.60 Å². The van der Waals surface area contributed by atoms with E-state index in [1.807, 2.05) is 0 Å². The summed E-state index contributed by atoms with van der Waals surface area (Å²) in [6.45, 7) is -1.56. The first-order chi connectivity index (χ1) is 13.4. The predicted octanol–water partition coefficient (Wildman–Crippen LogP) is 5.12. The van der Waals surface area contributed by atoms with Crippen molar-refractivity contribution in [3.8, 4) is 0 Å². The van der Waals surface area contributed by atoms with Crippen molar-refractivity contribution in [1.82, 2.24) is 0 Å². The second-order valence-corrected chi connectivity index (χ2v) is 6.43. The number of carboxylic acid groups (broad SMARTS) is 1. The zero-order valence-corrected chi connectivity index (χ0v) is 14.8. The summed E-state index contributed by atoms with van der Waals surface area (Å²) in [7, 11) is 0. The zero-order valence-electron chi connectivity index (χ0n) is 14.1. The maximum Gasteiger partial charge on any atom is 0.434 e. The SMILES string of the molecule is O=C1Nc2ccc(Cl)cc2C(CN(C(=O)O)c2ccc(F)cc2F)(C(F)(F)F)O1. The minimum Gasteiger partial charge on any atom is -0.465 e. The number of carbonyl (C=O) groups is 2. The van der Waals surface area contributed by atoms with Crippen molar-refractivity contribution in [2.45, 2.75) is 11.8 Å². The van der Waals surface area contributed by atoms with Crippen molar-refractivity contribution in [3.05, 3.63) is 58.6 Å². The lowest BCUT2D eigenvalue weighted by Gasteiger charge is -2.41. The van der Waals surface area contributed by atoms with Gasteiger partial charge in [0.1, 0.15) is 11.6 Å². The molecule has 1 heterocycles. The number of nitrogens with zero attached hydrogens (tertiary/aromatic N) is 1. The standard InChI is InChI=1S/C17H10ClF5N2O4/c18-8-1-3-12-10(5-8)16(17(21,22)23,29-14(26)24-12)7-25(15(27)28)13-4-2-9(19)6-11(13)20/h1-6H,7H2,(H,24,26)(H,27,28). The van der Waals surface area contributed by atoms with E-state index in [4.69, 9.17) is 11.6 Å². The number of rotatable bonds is 3. The molecule has 0 aromatic heterocycles. The summed E-state index contributed by atoms with van der Waals surface area (Å²) in [6, 6.07) is 4.79. The van der Waals surface area contributed by atoms with Gasteiger partial charge in [0.05, 0.1) is 17.9 Å². The molecule has 0 saturated carbocycles. The van der Waals surface area contributed by atoms with Crippen LogP contribution in [-0.2, 0) is 10.3 Å². The first-order valence-electron chi connectivity index (χ1n) is 7.77. The van der Waals surface area contributed by atoms with Gasteiger partial charge in [0, 0.05) is 16.7 Å². The van der Waals surface area contributed by atoms with Crippen LogP contribution in [0.25, 0.3) is 0 Å². The second kappa shape index (κ2) is 7.07. The topological polar surface area (TPSA) is 78.9 Å². The number of carbonyl (C=O) groups excluding carboxylic acids is 1. The van der Waals surface area contributed by atoms with Gasteiger partial charge in [-0.25, -0.2) is 18.4 Å². The molecule has 12 heteroatoms. The highest BCUT2D eigenvalue weighted by atomic mass is 35.5. The van der Waals surface area contributed by atoms with Crippen molar-refractivity contribution in [3.63, 3.8) is 0 Å². The van der Waals surface area contributed by atoms with Crippen molar-refractivity contribution < 1.29 is 41.4 Å². The number of halogens is 6. The Labute approximate surface area is 164 Å². The number of anilines is 2. The third-order valence-electron chi connectivity index (χ3n) is 4.19. The highest BCUT2D eigenvalue weighted by molar-refractivity contribution is 6.30. The fourth-order valence-electron chi connectivity index (χ4n) is 2.90. The fourth-order valence-corrected chi connectivity index (χ4v) is 3.08. The molecule has 1 unspecified atom stereocenters. The summed E-state index contributed by atoms with van der Waals surface area (Å²) in [5.41, 5.74) is -5.35. The van der Waals surface area contributed by atoms with Crippen molar-refractivity contribution in [2.75, 3.05) is 16.8 Å². The molecule has 1 atom stereocenters. The molecule has 0 saturated heterocycles. The van der Waals surface area contributed by atoms with E-state index < -0.39 is 53.4 Å². The molecule has 2 amide bonds. The van der Waals surface area contributed by atoms with Gasteiger partial charge < -0.3 is 9.84 Å². The summed E-state index contributed by atoms with van der Waals surface area (Å²) >= 11 is 5.78. The summed E-state index contributed by atoms with van der Waals surface area (Å²) < 4.78 is 74.3. The Morgan fingerprint density at radius 3 is 2.48 bits per heavy atom. The van der Waals surface area contributed by atoms with Crippen molar-refractivity contribution >= 4 is 35.2 Å². The molecule has 2 N–H and O–H groups in total. The van der Waals surface area contributed by atoms with E-state index in [1.165, 1.54) is 6.07 Å². The number of fused-ring (bicyclic) bond motifs is 1. The molecular weight excluding hydrogens is 427 g/mol. The number of ether oxygens (including phenoxy) is 1. The third kappa shape index (κ3) is 3.65. The molecule has 0 bridgehead atoms. The zero-order chi connectivity index (χ0) is 21.6. The Morgan fingerprint density at radius 1 is 1.21 bits per heavy atom. The van der Waals surface area contributed by atoms with E-state index in [0.29, 0.717) is 18.2 Å². The average Bonchev–Trinajstić information content (AvgIpc) is 2.59. The van der Waals surface area contributed by atoms with Crippen LogP contribution in [-0.4, -0.2) is 30.0 Å². The monoisotopic (exact) mass is 436 g/mol. The maximum atomic E-state index is 14.2. The molecule has 154 valence electrons. The molecular formula is C17H10ClF5N2O4. The van der Waals surface area contributed by atoms with Crippen LogP contribution in [0.1, 0.15) is 5.56 Å². The van der Waals surface area contributed by atoms with Gasteiger partial charge in [-0.3, -0.25) is 10.2 Å². The van der Waals surface area contributed by atoms with E-state index in [9.17, 15) is 36.6 Å². The Bertz CT molecular complexity index is 1000. The number of hydrogen-bond acceptors (Lipinski definition) is 3. The van der Waals surface area contributed by atoms with Crippen LogP contribution in [0.5, 0.6) is 0 Å². The lowest BCUT2D eigenvalue weighted by Crippen LogP contribution is -2.57. The highest BCUT2D eigenvalue weighted by Gasteiger charge is 2.63. The first kappa shape index (κ1) is 20.6. The van der Waals surface area contributed by atoms with Crippen LogP contribution >= 0.6 is 11.6 Å². The molecule has 2 aromatic rings. The van der Waals surface area contributed by atoms with Crippen LogP contribution < -0.4 is 10.2 Å². The quantitative estimate of drug-likeness (QED) is 0.654. The van der Waals surface area contributed by atoms with Crippen LogP contribution in [0.2, 0.25) is 5.02 Å². The van der Waals surface area contributed by atoms with Crippen LogP contribution in [0, 0.1) is 11.6 Å². The minimum absolute atomic E-state index is 0.0223. The lowest BCUT2D eigenvalue weighted by molar-refractivity contribution is -0.260. The molecule has 0 spiro atoms. The average molecular weight is 437 g/mol. The molecule has 0 radical (unpaired) electrons. The van der Waals surface area contributed by atoms with Crippen LogP contribution in [0.4, 0.5) is 42.9 Å². The van der Waals surface area contributed by atoms with Gasteiger partial charge in [0.2, 0.25) is 0 Å². The Hall–Kier alpha value is -3.08. The molecule has 29 heavy (non-hydrogen) atoms. The maximum absolute atomic E-state index is 14.2.